The molecule has 0 saturated carbocycles. The third kappa shape index (κ3) is 4.39. The smallest absolute Gasteiger partial charge is 0.287 e. The zero-order chi connectivity index (χ0) is 19.2. The average Bonchev–Trinajstić information content (AvgIpc) is 3.18. The molecule has 8 nitrogen and oxygen atoms in total. The molecule has 2 heterocycles. The molecule has 3 aromatic rings. The Morgan fingerprint density at radius 1 is 1.15 bits per heavy atom. The van der Waals surface area contributed by atoms with Crippen LogP contribution in [0, 0.1) is 0 Å². The minimum absolute atomic E-state index is 0.119. The summed E-state index contributed by atoms with van der Waals surface area (Å²) in [6.45, 7) is 0. The lowest BCUT2D eigenvalue weighted by Crippen LogP contribution is -2.47. The van der Waals surface area contributed by atoms with E-state index < -0.39 is 23.6 Å². The Bertz CT molecular complexity index is 959. The lowest BCUT2D eigenvalue weighted by atomic mass is 10.0. The first kappa shape index (κ1) is 18.3. The molecule has 0 radical (unpaired) electrons. The predicted octanol–water partition coefficient (Wildman–Crippen LogP) is 0.996. The third-order valence-corrected chi connectivity index (χ3v) is 4.42. The van der Waals surface area contributed by atoms with E-state index >= 15 is 0 Å². The second-order valence-electron chi connectivity index (χ2n) is 5.62. The van der Waals surface area contributed by atoms with Crippen molar-refractivity contribution >= 4 is 29.1 Å². The highest BCUT2D eigenvalue weighted by Crippen LogP contribution is 2.22. The molecule has 2 aromatic heterocycles. The number of carbonyl (C=O) groups is 3. The molecule has 0 aliphatic heterocycles. The van der Waals surface area contributed by atoms with Gasteiger partial charge < -0.3 is 11.1 Å². The number of primary amides is 1. The second-order valence-corrected chi connectivity index (χ2v) is 6.24. The Morgan fingerprint density at radius 2 is 1.93 bits per heavy atom. The average molecular weight is 381 g/mol. The lowest BCUT2D eigenvalue weighted by Gasteiger charge is -2.16. The summed E-state index contributed by atoms with van der Waals surface area (Å²) in [4.78, 5) is 44.2. The maximum absolute atomic E-state index is 12.7. The van der Waals surface area contributed by atoms with Crippen LogP contribution in [0.5, 0.6) is 0 Å². The minimum Gasteiger partial charge on any atom is -0.363 e. The van der Waals surface area contributed by atoms with Gasteiger partial charge in [0, 0.05) is 23.6 Å². The van der Waals surface area contributed by atoms with Gasteiger partial charge in [0.15, 0.2) is 5.69 Å². The van der Waals surface area contributed by atoms with E-state index in [1.165, 1.54) is 6.33 Å². The number of carbonyl (C=O) groups excluding carboxylic acids is 3. The summed E-state index contributed by atoms with van der Waals surface area (Å²) in [5.41, 5.74) is 7.09. The summed E-state index contributed by atoms with van der Waals surface area (Å²) in [5, 5.41) is 4.25. The van der Waals surface area contributed by atoms with E-state index in [0.29, 0.717) is 11.3 Å². The first-order chi connectivity index (χ1) is 13.1. The van der Waals surface area contributed by atoms with Crippen LogP contribution in [0.15, 0.2) is 54.3 Å². The van der Waals surface area contributed by atoms with Crippen molar-refractivity contribution in [1.82, 2.24) is 19.7 Å². The standard InChI is InChI=1S/C18H15N5O3S/c19-17(25)16(24)14(8-11-4-2-1-3-5-11)22-18(26)15-12(9-27-23-15)13-6-7-20-10-21-13/h1-7,9-10,14H,8H2,(H2,19,25)(H,22,26). The number of rotatable bonds is 7. The molecule has 1 unspecified atom stereocenters. The Kier molecular flexibility index (Phi) is 5.62. The van der Waals surface area contributed by atoms with Gasteiger partial charge >= 0.3 is 0 Å². The summed E-state index contributed by atoms with van der Waals surface area (Å²) in [6, 6.07) is 9.59. The van der Waals surface area contributed by atoms with Gasteiger partial charge in [-0.15, -0.1) is 0 Å². The van der Waals surface area contributed by atoms with Crippen LogP contribution in [-0.4, -0.2) is 38.0 Å². The van der Waals surface area contributed by atoms with E-state index in [1.54, 1.807) is 41.9 Å². The summed E-state index contributed by atoms with van der Waals surface area (Å²) < 4.78 is 4.10. The molecule has 9 heteroatoms. The van der Waals surface area contributed by atoms with Crippen LogP contribution in [-0.2, 0) is 16.0 Å². The van der Waals surface area contributed by atoms with Crippen molar-refractivity contribution < 1.29 is 14.4 Å². The monoisotopic (exact) mass is 381 g/mol. The molecule has 0 bridgehead atoms. The molecule has 1 atom stereocenters. The highest BCUT2D eigenvalue weighted by molar-refractivity contribution is 7.04. The fourth-order valence-electron chi connectivity index (χ4n) is 2.49. The van der Waals surface area contributed by atoms with Crippen LogP contribution in [0.25, 0.3) is 11.3 Å². The van der Waals surface area contributed by atoms with Gasteiger partial charge in [0.1, 0.15) is 12.4 Å². The number of aromatic nitrogens is 3. The molecule has 0 fully saturated rings. The van der Waals surface area contributed by atoms with Crippen molar-refractivity contribution in [1.29, 1.82) is 0 Å². The zero-order valence-electron chi connectivity index (χ0n) is 14.0. The molecule has 0 saturated heterocycles. The number of amides is 2. The van der Waals surface area contributed by atoms with Crippen molar-refractivity contribution in [2.45, 2.75) is 12.5 Å². The predicted molar refractivity (Wildman–Crippen MR) is 98.7 cm³/mol. The van der Waals surface area contributed by atoms with Gasteiger partial charge in [-0.2, -0.15) is 4.37 Å². The second kappa shape index (κ2) is 8.28. The molecular formula is C18H15N5O3S. The largest absolute Gasteiger partial charge is 0.363 e. The van der Waals surface area contributed by atoms with E-state index in [2.05, 4.69) is 19.7 Å². The molecule has 3 rings (SSSR count). The maximum atomic E-state index is 12.7. The molecule has 1 aromatic carbocycles. The van der Waals surface area contributed by atoms with Crippen molar-refractivity contribution in [2.75, 3.05) is 0 Å². The summed E-state index contributed by atoms with van der Waals surface area (Å²) in [7, 11) is 0. The van der Waals surface area contributed by atoms with Gasteiger partial charge in [0.05, 0.1) is 5.69 Å². The fraction of sp³-hybridized carbons (Fsp3) is 0.111. The van der Waals surface area contributed by atoms with Gasteiger partial charge in [-0.25, -0.2) is 9.97 Å². The Hall–Kier alpha value is -3.46. The molecular weight excluding hydrogens is 366 g/mol. The van der Waals surface area contributed by atoms with Crippen molar-refractivity contribution in [3.8, 4) is 11.3 Å². The number of nitrogens with two attached hydrogens (primary N) is 1. The molecule has 136 valence electrons. The van der Waals surface area contributed by atoms with Crippen molar-refractivity contribution in [3.63, 3.8) is 0 Å². The van der Waals surface area contributed by atoms with E-state index in [0.717, 1.165) is 17.1 Å². The van der Waals surface area contributed by atoms with E-state index in [9.17, 15) is 14.4 Å². The lowest BCUT2D eigenvalue weighted by molar-refractivity contribution is -0.137. The quantitative estimate of drug-likeness (QED) is 0.588. The Morgan fingerprint density at radius 3 is 2.59 bits per heavy atom. The SMILES string of the molecule is NC(=O)C(=O)C(Cc1ccccc1)NC(=O)c1nscc1-c1ccncn1. The van der Waals surface area contributed by atoms with Gasteiger partial charge in [-0.3, -0.25) is 14.4 Å². The van der Waals surface area contributed by atoms with E-state index in [-0.39, 0.29) is 12.1 Å². The number of nitrogens with one attached hydrogen (secondary N) is 1. The highest BCUT2D eigenvalue weighted by Gasteiger charge is 2.27. The van der Waals surface area contributed by atoms with Crippen LogP contribution < -0.4 is 11.1 Å². The van der Waals surface area contributed by atoms with E-state index in [1.807, 2.05) is 6.07 Å². The topological polar surface area (TPSA) is 128 Å². The molecule has 0 spiro atoms. The summed E-state index contributed by atoms with van der Waals surface area (Å²) in [5.74, 6) is -2.56. The molecule has 2 amide bonds. The maximum Gasteiger partial charge on any atom is 0.287 e. The van der Waals surface area contributed by atoms with Gasteiger partial charge in [0.2, 0.25) is 5.78 Å². The molecule has 0 aliphatic carbocycles. The molecule has 27 heavy (non-hydrogen) atoms. The third-order valence-electron chi connectivity index (χ3n) is 3.79. The number of hydrogen-bond acceptors (Lipinski definition) is 7. The number of Topliss-reactive ketones (excluding diaryl/α,β-unsaturated/α-hetero) is 1. The molecule has 3 N–H and O–H groups in total. The normalized spacial score (nSPS) is 11.6. The number of benzene rings is 1. The minimum atomic E-state index is -1.11. The van der Waals surface area contributed by atoms with Crippen LogP contribution in [0.3, 0.4) is 0 Å². The van der Waals surface area contributed by atoms with Crippen molar-refractivity contribution in [2.24, 2.45) is 5.73 Å². The number of hydrogen-bond donors (Lipinski definition) is 2. The van der Waals surface area contributed by atoms with Crippen LogP contribution in [0.4, 0.5) is 0 Å². The first-order valence-corrected chi connectivity index (χ1v) is 8.79. The van der Waals surface area contributed by atoms with Crippen LogP contribution >= 0.6 is 11.5 Å². The first-order valence-electron chi connectivity index (χ1n) is 7.95. The molecule has 0 aliphatic rings. The number of ketones is 1. The Labute approximate surface area is 158 Å². The van der Waals surface area contributed by atoms with Crippen molar-refractivity contribution in [3.05, 3.63) is 65.6 Å². The van der Waals surface area contributed by atoms with Gasteiger partial charge in [0.25, 0.3) is 11.8 Å². The summed E-state index contributed by atoms with van der Waals surface area (Å²) >= 11 is 1.09. The van der Waals surface area contributed by atoms with Crippen LogP contribution in [0.2, 0.25) is 0 Å². The zero-order valence-corrected chi connectivity index (χ0v) is 14.8. The van der Waals surface area contributed by atoms with Gasteiger partial charge in [-0.1, -0.05) is 30.3 Å². The summed E-state index contributed by atoms with van der Waals surface area (Å²) in [6.07, 6.45) is 3.06. The number of nitrogens with zero attached hydrogens (tertiary/aromatic N) is 3. The Balaban J connectivity index is 1.84. The van der Waals surface area contributed by atoms with Gasteiger partial charge in [-0.05, 0) is 23.2 Å². The highest BCUT2D eigenvalue weighted by atomic mass is 32.1. The van der Waals surface area contributed by atoms with E-state index in [4.69, 9.17) is 5.73 Å². The fourth-order valence-corrected chi connectivity index (χ4v) is 3.17. The van der Waals surface area contributed by atoms with Crippen LogP contribution in [0.1, 0.15) is 16.1 Å².